The number of hydrogen-bond acceptors (Lipinski definition) is 2. The Morgan fingerprint density at radius 1 is 0.857 bits per heavy atom. The Morgan fingerprint density at radius 3 is 2.39 bits per heavy atom. The van der Waals surface area contributed by atoms with Crippen LogP contribution < -0.4 is 5.32 Å². The van der Waals surface area contributed by atoms with E-state index in [4.69, 9.17) is 0 Å². The Hall–Kier alpha value is -0.570. The van der Waals surface area contributed by atoms with E-state index in [9.17, 15) is 4.79 Å². The van der Waals surface area contributed by atoms with Crippen molar-refractivity contribution in [3.05, 3.63) is 0 Å². The predicted octanol–water partition coefficient (Wildman–Crippen LogP) is 5.14. The van der Waals surface area contributed by atoms with Crippen molar-refractivity contribution in [1.82, 2.24) is 10.2 Å². The summed E-state index contributed by atoms with van der Waals surface area (Å²) in [5, 5.41) is 4.18. The molecule has 5 fully saturated rings. The molecule has 1 saturated heterocycles. The number of amides is 1. The summed E-state index contributed by atoms with van der Waals surface area (Å²) in [4.78, 5) is 14.5. The molecule has 0 aromatic carbocycles. The molecule has 0 unspecified atom stereocenters. The highest BCUT2D eigenvalue weighted by molar-refractivity contribution is 5.77. The van der Waals surface area contributed by atoms with Gasteiger partial charge < -0.3 is 10.2 Å². The summed E-state index contributed by atoms with van der Waals surface area (Å²) in [6, 6.07) is 2.04. The number of fused-ring (bicyclic) bond motifs is 5. The lowest BCUT2D eigenvalue weighted by Gasteiger charge is -2.62. The lowest BCUT2D eigenvalue weighted by molar-refractivity contribution is -0.157. The van der Waals surface area contributed by atoms with Gasteiger partial charge in [-0.05, 0) is 86.4 Å². The van der Waals surface area contributed by atoms with Gasteiger partial charge in [0.15, 0.2) is 0 Å². The molecule has 158 valence electrons. The molecular formula is C25H42N2O. The molecule has 0 aromatic rings. The monoisotopic (exact) mass is 386 g/mol. The number of rotatable bonds is 2. The number of nitrogens with zero attached hydrogens (tertiary/aromatic N) is 1. The molecule has 1 aliphatic heterocycles. The summed E-state index contributed by atoms with van der Waals surface area (Å²) in [7, 11) is 2.08. The highest BCUT2D eigenvalue weighted by Crippen LogP contribution is 2.64. The van der Waals surface area contributed by atoms with Gasteiger partial charge >= 0.3 is 0 Å². The molecule has 1 N–H and O–H groups in total. The van der Waals surface area contributed by atoms with E-state index in [-0.39, 0.29) is 0 Å². The van der Waals surface area contributed by atoms with Crippen LogP contribution in [0.25, 0.3) is 0 Å². The Balaban J connectivity index is 1.34. The summed E-state index contributed by atoms with van der Waals surface area (Å²) in [6.07, 6.45) is 17.3. The third kappa shape index (κ3) is 2.81. The number of piperidine rings is 1. The van der Waals surface area contributed by atoms with Crippen molar-refractivity contribution in [1.29, 1.82) is 0 Å². The van der Waals surface area contributed by atoms with Crippen LogP contribution in [0.2, 0.25) is 0 Å². The van der Waals surface area contributed by atoms with E-state index in [0.29, 0.717) is 22.8 Å². The normalized spacial score (nSPS) is 49.5. The van der Waals surface area contributed by atoms with E-state index in [1.54, 1.807) is 0 Å². The first-order valence-electron chi connectivity index (χ1n) is 12.5. The molecule has 1 amide bonds. The van der Waals surface area contributed by atoms with Gasteiger partial charge in [-0.25, -0.2) is 0 Å². The Kier molecular flexibility index (Phi) is 4.85. The zero-order chi connectivity index (χ0) is 19.5. The van der Waals surface area contributed by atoms with Crippen LogP contribution in [0.15, 0.2) is 0 Å². The molecule has 4 saturated carbocycles. The number of likely N-dealkylation sites (tertiary alicyclic amines) is 1. The van der Waals surface area contributed by atoms with Gasteiger partial charge in [0.25, 0.3) is 0 Å². The zero-order valence-corrected chi connectivity index (χ0v) is 18.5. The SMILES string of the molecule is CN1C(=O)CC[C@]2(C)[C@H]3CC[C@]4(C)[C@@H](NC5CCCCC5)CC[C@H]4[C@@H]3CC[C@@H]12. The quantitative estimate of drug-likeness (QED) is 0.712. The van der Waals surface area contributed by atoms with Crippen LogP contribution in [0.4, 0.5) is 0 Å². The molecule has 3 nitrogen and oxygen atoms in total. The minimum absolute atomic E-state index is 0.363. The van der Waals surface area contributed by atoms with Crippen molar-refractivity contribution in [2.24, 2.45) is 28.6 Å². The van der Waals surface area contributed by atoms with Gasteiger partial charge in [-0.3, -0.25) is 4.79 Å². The molecule has 4 aliphatic carbocycles. The van der Waals surface area contributed by atoms with Gasteiger partial charge in [-0.15, -0.1) is 0 Å². The van der Waals surface area contributed by atoms with Crippen molar-refractivity contribution in [3.8, 4) is 0 Å². The van der Waals surface area contributed by atoms with E-state index in [2.05, 4.69) is 31.1 Å². The maximum absolute atomic E-state index is 12.3. The molecule has 0 bridgehead atoms. The smallest absolute Gasteiger partial charge is 0.222 e. The van der Waals surface area contributed by atoms with E-state index in [1.165, 1.54) is 70.6 Å². The van der Waals surface area contributed by atoms with Crippen molar-refractivity contribution in [2.75, 3.05) is 7.05 Å². The zero-order valence-electron chi connectivity index (χ0n) is 18.5. The van der Waals surface area contributed by atoms with E-state index in [0.717, 1.165) is 42.7 Å². The summed E-state index contributed by atoms with van der Waals surface area (Å²) in [5.41, 5.74) is 0.875. The standard InChI is InChI=1S/C25H42N2O/c1-24-15-13-20-18(9-12-22-25(20,2)16-14-23(28)27(22)3)19(24)10-11-21(24)26-17-7-5-4-6-8-17/h17-22,26H,4-16H2,1-3H3/t18-,19-,20-,21-,22+,24-,25+/m0/s1. The minimum atomic E-state index is 0.363. The van der Waals surface area contributed by atoms with Crippen molar-refractivity contribution >= 4 is 5.91 Å². The second-order valence-corrected chi connectivity index (χ2v) is 11.7. The van der Waals surface area contributed by atoms with Crippen LogP contribution in [0, 0.1) is 28.6 Å². The maximum Gasteiger partial charge on any atom is 0.222 e. The van der Waals surface area contributed by atoms with Gasteiger partial charge in [-0.2, -0.15) is 0 Å². The van der Waals surface area contributed by atoms with Crippen LogP contribution in [-0.4, -0.2) is 36.0 Å². The Labute approximate surface area is 172 Å². The third-order valence-corrected chi connectivity index (χ3v) is 10.6. The molecule has 1 heterocycles. The average Bonchev–Trinajstić information content (AvgIpc) is 3.02. The van der Waals surface area contributed by atoms with Crippen molar-refractivity contribution in [3.63, 3.8) is 0 Å². The van der Waals surface area contributed by atoms with Crippen molar-refractivity contribution in [2.45, 2.75) is 115 Å². The lowest BCUT2D eigenvalue weighted by atomic mass is 9.47. The number of carbonyl (C=O) groups is 1. The Morgan fingerprint density at radius 2 is 1.61 bits per heavy atom. The molecule has 7 atom stereocenters. The van der Waals surface area contributed by atoms with Crippen LogP contribution in [0.1, 0.15) is 97.3 Å². The molecule has 0 radical (unpaired) electrons. The average molecular weight is 387 g/mol. The molecular weight excluding hydrogens is 344 g/mol. The highest BCUT2D eigenvalue weighted by atomic mass is 16.2. The van der Waals surface area contributed by atoms with Gasteiger partial charge in [0.1, 0.15) is 0 Å². The summed E-state index contributed by atoms with van der Waals surface area (Å²) in [6.45, 7) is 5.19. The first-order chi connectivity index (χ1) is 13.4. The number of nitrogens with one attached hydrogen (secondary N) is 1. The molecule has 0 aromatic heterocycles. The minimum Gasteiger partial charge on any atom is -0.342 e. The van der Waals surface area contributed by atoms with Crippen LogP contribution in [0.3, 0.4) is 0 Å². The second-order valence-electron chi connectivity index (χ2n) is 11.7. The molecule has 3 heteroatoms. The van der Waals surface area contributed by atoms with Gasteiger partial charge in [0, 0.05) is 31.6 Å². The molecule has 5 rings (SSSR count). The second kappa shape index (κ2) is 7.00. The van der Waals surface area contributed by atoms with Gasteiger partial charge in [-0.1, -0.05) is 33.1 Å². The van der Waals surface area contributed by atoms with E-state index < -0.39 is 0 Å². The first kappa shape index (κ1) is 19.4. The largest absolute Gasteiger partial charge is 0.342 e. The summed E-state index contributed by atoms with van der Waals surface area (Å²) < 4.78 is 0. The molecule has 5 aliphatic rings. The van der Waals surface area contributed by atoms with E-state index >= 15 is 0 Å². The van der Waals surface area contributed by atoms with Crippen LogP contribution in [0.5, 0.6) is 0 Å². The number of hydrogen-bond donors (Lipinski definition) is 1. The topological polar surface area (TPSA) is 32.3 Å². The third-order valence-electron chi connectivity index (χ3n) is 10.6. The fraction of sp³-hybridized carbons (Fsp3) is 0.960. The van der Waals surface area contributed by atoms with Crippen LogP contribution >= 0.6 is 0 Å². The molecule has 28 heavy (non-hydrogen) atoms. The predicted molar refractivity (Wildman–Crippen MR) is 114 cm³/mol. The Bertz CT molecular complexity index is 614. The fourth-order valence-electron chi connectivity index (χ4n) is 8.98. The number of carbonyl (C=O) groups excluding carboxylic acids is 1. The van der Waals surface area contributed by atoms with E-state index in [1.807, 2.05) is 0 Å². The van der Waals surface area contributed by atoms with Crippen molar-refractivity contribution < 1.29 is 4.79 Å². The van der Waals surface area contributed by atoms with Crippen LogP contribution in [-0.2, 0) is 4.79 Å². The summed E-state index contributed by atoms with van der Waals surface area (Å²) in [5.74, 6) is 3.04. The fourth-order valence-corrected chi connectivity index (χ4v) is 8.98. The van der Waals surface area contributed by atoms with Gasteiger partial charge in [0.2, 0.25) is 5.91 Å². The lowest BCUT2D eigenvalue weighted by Crippen LogP contribution is -2.62. The highest BCUT2D eigenvalue weighted by Gasteiger charge is 2.61. The molecule has 0 spiro atoms. The summed E-state index contributed by atoms with van der Waals surface area (Å²) >= 11 is 0. The van der Waals surface area contributed by atoms with Gasteiger partial charge in [0.05, 0.1) is 0 Å². The first-order valence-corrected chi connectivity index (χ1v) is 12.5. The maximum atomic E-state index is 12.3.